The summed E-state index contributed by atoms with van der Waals surface area (Å²) in [6, 6.07) is 4.09. The van der Waals surface area contributed by atoms with E-state index in [2.05, 4.69) is 38.5 Å². The first kappa shape index (κ1) is 12.5. The number of nitrogens with two attached hydrogens (primary N) is 1. The zero-order valence-electron chi connectivity index (χ0n) is 10.8. The third-order valence-electron chi connectivity index (χ3n) is 3.73. The van der Waals surface area contributed by atoms with Crippen LogP contribution < -0.4 is 5.73 Å². The molecule has 1 heterocycles. The van der Waals surface area contributed by atoms with Crippen molar-refractivity contribution in [3.8, 4) is 0 Å². The van der Waals surface area contributed by atoms with Crippen LogP contribution in [0.15, 0.2) is 12.1 Å². The van der Waals surface area contributed by atoms with Crippen molar-refractivity contribution in [3.05, 3.63) is 34.0 Å². The number of fused-ring (bicyclic) bond motifs is 1. The van der Waals surface area contributed by atoms with Crippen molar-refractivity contribution in [2.75, 3.05) is 6.54 Å². The Morgan fingerprint density at radius 3 is 2.59 bits per heavy atom. The molecule has 0 aliphatic rings. The fraction of sp³-hybridized carbons (Fsp3) is 0.429. The minimum Gasteiger partial charge on any atom is -0.347 e. The van der Waals surface area contributed by atoms with Gasteiger partial charge in [-0.25, -0.2) is 0 Å². The van der Waals surface area contributed by atoms with E-state index in [4.69, 9.17) is 17.3 Å². The zero-order valence-corrected chi connectivity index (χ0v) is 11.6. The Labute approximate surface area is 107 Å². The topological polar surface area (TPSA) is 30.9 Å². The summed E-state index contributed by atoms with van der Waals surface area (Å²) in [5.41, 5.74) is 10.8. The van der Waals surface area contributed by atoms with E-state index in [0.717, 1.165) is 10.6 Å². The summed E-state index contributed by atoms with van der Waals surface area (Å²) in [4.78, 5) is 0. The van der Waals surface area contributed by atoms with E-state index >= 15 is 0 Å². The number of rotatable bonds is 2. The van der Waals surface area contributed by atoms with E-state index < -0.39 is 0 Å². The highest BCUT2D eigenvalue weighted by molar-refractivity contribution is 6.32. The normalized spacial score (nSPS) is 13.3. The predicted molar refractivity (Wildman–Crippen MR) is 74.9 cm³/mol. The Balaban J connectivity index is 2.87. The average Bonchev–Trinajstić information content (AvgIpc) is 2.57. The Morgan fingerprint density at radius 1 is 1.35 bits per heavy atom. The predicted octanol–water partition coefficient (Wildman–Crippen LogP) is 3.51. The molecule has 2 N–H and O–H groups in total. The molecule has 17 heavy (non-hydrogen) atoms. The van der Waals surface area contributed by atoms with Crippen molar-refractivity contribution in [2.45, 2.75) is 26.7 Å². The van der Waals surface area contributed by atoms with Crippen molar-refractivity contribution >= 4 is 22.5 Å². The molecule has 0 aliphatic carbocycles. The first-order valence-corrected chi connectivity index (χ1v) is 6.30. The number of hydrogen-bond acceptors (Lipinski definition) is 1. The van der Waals surface area contributed by atoms with E-state index in [1.807, 2.05) is 6.07 Å². The van der Waals surface area contributed by atoms with Crippen LogP contribution in [0.2, 0.25) is 5.02 Å². The smallest absolute Gasteiger partial charge is 0.0527 e. The molecular weight excluding hydrogens is 232 g/mol. The molecule has 3 heteroatoms. The molecule has 0 saturated heterocycles. The van der Waals surface area contributed by atoms with Crippen LogP contribution >= 0.6 is 11.6 Å². The van der Waals surface area contributed by atoms with Crippen LogP contribution in [-0.2, 0) is 7.05 Å². The maximum Gasteiger partial charge on any atom is 0.0527 e. The molecule has 0 fully saturated rings. The SMILES string of the molecule is Cc1c(Cl)ccc2c(C(C)CN)c(C)n(C)c12. The van der Waals surface area contributed by atoms with Crippen molar-refractivity contribution in [1.82, 2.24) is 4.57 Å². The number of benzene rings is 1. The van der Waals surface area contributed by atoms with Gasteiger partial charge < -0.3 is 10.3 Å². The minimum absolute atomic E-state index is 0.374. The Kier molecular flexibility index (Phi) is 3.19. The Bertz CT molecular complexity index is 569. The molecule has 2 aromatic rings. The van der Waals surface area contributed by atoms with Gasteiger partial charge in [0.15, 0.2) is 0 Å². The molecule has 92 valence electrons. The van der Waals surface area contributed by atoms with E-state index in [9.17, 15) is 0 Å². The van der Waals surface area contributed by atoms with Gasteiger partial charge >= 0.3 is 0 Å². The molecule has 0 spiro atoms. The van der Waals surface area contributed by atoms with Crippen LogP contribution in [0.5, 0.6) is 0 Å². The van der Waals surface area contributed by atoms with Gasteiger partial charge in [-0.2, -0.15) is 0 Å². The van der Waals surface area contributed by atoms with Gasteiger partial charge in [-0.15, -0.1) is 0 Å². The molecule has 1 atom stereocenters. The van der Waals surface area contributed by atoms with Gasteiger partial charge in [-0.3, -0.25) is 0 Å². The second-order valence-electron chi connectivity index (χ2n) is 4.76. The molecular formula is C14H19ClN2. The third kappa shape index (κ3) is 1.76. The zero-order chi connectivity index (χ0) is 12.7. The molecule has 2 rings (SSSR count). The highest BCUT2D eigenvalue weighted by Crippen LogP contribution is 2.34. The lowest BCUT2D eigenvalue weighted by molar-refractivity contribution is 0.761. The molecule has 0 bridgehead atoms. The maximum atomic E-state index is 6.20. The van der Waals surface area contributed by atoms with Crippen molar-refractivity contribution in [1.29, 1.82) is 0 Å². The van der Waals surface area contributed by atoms with Gasteiger partial charge in [0, 0.05) is 23.2 Å². The second kappa shape index (κ2) is 4.35. The van der Waals surface area contributed by atoms with Crippen LogP contribution in [-0.4, -0.2) is 11.1 Å². The first-order chi connectivity index (χ1) is 7.99. The molecule has 1 unspecified atom stereocenters. The molecule has 1 aromatic carbocycles. The lowest BCUT2D eigenvalue weighted by Crippen LogP contribution is -2.09. The first-order valence-electron chi connectivity index (χ1n) is 5.93. The number of halogens is 1. The monoisotopic (exact) mass is 250 g/mol. The quantitative estimate of drug-likeness (QED) is 0.869. The summed E-state index contributed by atoms with van der Waals surface area (Å²) in [6.07, 6.45) is 0. The van der Waals surface area contributed by atoms with Gasteiger partial charge in [0.05, 0.1) is 5.52 Å². The summed E-state index contributed by atoms with van der Waals surface area (Å²) >= 11 is 6.20. The van der Waals surface area contributed by atoms with Gasteiger partial charge in [0.2, 0.25) is 0 Å². The number of aromatic nitrogens is 1. The van der Waals surface area contributed by atoms with Crippen LogP contribution in [0.3, 0.4) is 0 Å². The van der Waals surface area contributed by atoms with Crippen molar-refractivity contribution in [2.24, 2.45) is 12.8 Å². The number of nitrogens with zero attached hydrogens (tertiary/aromatic N) is 1. The van der Waals surface area contributed by atoms with Crippen LogP contribution in [0.4, 0.5) is 0 Å². The highest BCUT2D eigenvalue weighted by Gasteiger charge is 2.18. The molecule has 1 aromatic heterocycles. The van der Waals surface area contributed by atoms with Crippen molar-refractivity contribution < 1.29 is 0 Å². The summed E-state index contributed by atoms with van der Waals surface area (Å²) in [7, 11) is 2.09. The number of hydrogen-bond donors (Lipinski definition) is 1. The van der Waals surface area contributed by atoms with E-state index in [1.165, 1.54) is 22.2 Å². The minimum atomic E-state index is 0.374. The van der Waals surface area contributed by atoms with E-state index in [-0.39, 0.29) is 0 Å². The van der Waals surface area contributed by atoms with Crippen LogP contribution in [0.1, 0.15) is 29.7 Å². The summed E-state index contributed by atoms with van der Waals surface area (Å²) in [6.45, 7) is 7.06. The third-order valence-corrected chi connectivity index (χ3v) is 4.14. The second-order valence-corrected chi connectivity index (χ2v) is 5.17. The summed E-state index contributed by atoms with van der Waals surface area (Å²) < 4.78 is 2.22. The molecule has 2 nitrogen and oxygen atoms in total. The lowest BCUT2D eigenvalue weighted by Gasteiger charge is -2.09. The standard InChI is InChI=1S/C14H19ClN2/c1-8(7-16)13-10(3)17(4)14-9(2)12(15)6-5-11(13)14/h5-6,8H,7,16H2,1-4H3. The highest BCUT2D eigenvalue weighted by atomic mass is 35.5. The fourth-order valence-electron chi connectivity index (χ4n) is 2.61. The van der Waals surface area contributed by atoms with Crippen LogP contribution in [0.25, 0.3) is 10.9 Å². The maximum absolute atomic E-state index is 6.20. The van der Waals surface area contributed by atoms with E-state index in [0.29, 0.717) is 12.5 Å². The lowest BCUT2D eigenvalue weighted by atomic mass is 9.97. The van der Waals surface area contributed by atoms with E-state index in [1.54, 1.807) is 0 Å². The fourth-order valence-corrected chi connectivity index (χ4v) is 2.76. The van der Waals surface area contributed by atoms with Crippen molar-refractivity contribution in [3.63, 3.8) is 0 Å². The van der Waals surface area contributed by atoms with Gasteiger partial charge in [0.1, 0.15) is 0 Å². The van der Waals surface area contributed by atoms with Gasteiger partial charge in [0.25, 0.3) is 0 Å². The molecule has 0 radical (unpaired) electrons. The Hall–Kier alpha value is -0.990. The largest absolute Gasteiger partial charge is 0.347 e. The average molecular weight is 251 g/mol. The number of aryl methyl sites for hydroxylation is 2. The molecule has 0 aliphatic heterocycles. The summed E-state index contributed by atoms with van der Waals surface area (Å²) in [5.74, 6) is 0.374. The van der Waals surface area contributed by atoms with Gasteiger partial charge in [-0.05, 0) is 43.5 Å². The molecule has 0 amide bonds. The van der Waals surface area contributed by atoms with Crippen LogP contribution in [0, 0.1) is 13.8 Å². The van der Waals surface area contributed by atoms with Gasteiger partial charge in [-0.1, -0.05) is 24.6 Å². The summed E-state index contributed by atoms with van der Waals surface area (Å²) in [5, 5.41) is 2.11. The Morgan fingerprint density at radius 2 is 2.00 bits per heavy atom. The molecule has 0 saturated carbocycles.